The van der Waals surface area contributed by atoms with E-state index in [0.29, 0.717) is 11.4 Å². The SMILES string of the molecule is Fc1ccc(F)c(-c2cc(-c3ccccc3)nn2-c2ccccc2)c1. The van der Waals surface area contributed by atoms with Crippen molar-refractivity contribution in [3.05, 3.63) is 96.6 Å². The van der Waals surface area contributed by atoms with Crippen molar-refractivity contribution >= 4 is 0 Å². The molecule has 4 heteroatoms. The van der Waals surface area contributed by atoms with Crippen LogP contribution in [0.25, 0.3) is 28.2 Å². The summed E-state index contributed by atoms with van der Waals surface area (Å²) in [6.07, 6.45) is 0. The minimum atomic E-state index is -0.488. The highest BCUT2D eigenvalue weighted by Crippen LogP contribution is 2.30. The van der Waals surface area contributed by atoms with Crippen LogP contribution < -0.4 is 0 Å². The van der Waals surface area contributed by atoms with Crippen LogP contribution in [0, 0.1) is 11.6 Å². The number of hydrogen-bond acceptors (Lipinski definition) is 1. The van der Waals surface area contributed by atoms with Crippen LogP contribution in [-0.2, 0) is 0 Å². The van der Waals surface area contributed by atoms with Gasteiger partial charge in [-0.3, -0.25) is 0 Å². The second kappa shape index (κ2) is 6.32. The molecular weight excluding hydrogens is 318 g/mol. The maximum atomic E-state index is 14.4. The molecule has 0 spiro atoms. The molecule has 0 bridgehead atoms. The van der Waals surface area contributed by atoms with Crippen molar-refractivity contribution < 1.29 is 8.78 Å². The van der Waals surface area contributed by atoms with Gasteiger partial charge in [0.2, 0.25) is 0 Å². The molecule has 0 unspecified atom stereocenters. The second-order valence-electron chi connectivity index (χ2n) is 5.65. The Hall–Kier alpha value is -3.27. The fourth-order valence-electron chi connectivity index (χ4n) is 2.78. The van der Waals surface area contributed by atoms with Crippen LogP contribution in [0.3, 0.4) is 0 Å². The molecule has 0 N–H and O–H groups in total. The molecule has 1 aromatic heterocycles. The number of para-hydroxylation sites is 1. The van der Waals surface area contributed by atoms with Gasteiger partial charge in [-0.25, -0.2) is 13.5 Å². The van der Waals surface area contributed by atoms with Crippen molar-refractivity contribution in [1.29, 1.82) is 0 Å². The van der Waals surface area contributed by atoms with Crippen molar-refractivity contribution in [3.8, 4) is 28.2 Å². The summed E-state index contributed by atoms with van der Waals surface area (Å²) in [5.74, 6) is -0.975. The molecule has 0 saturated carbocycles. The quantitative estimate of drug-likeness (QED) is 0.485. The lowest BCUT2D eigenvalue weighted by Gasteiger charge is -2.08. The molecule has 0 atom stereocenters. The third kappa shape index (κ3) is 2.94. The van der Waals surface area contributed by atoms with Gasteiger partial charge in [0.1, 0.15) is 11.6 Å². The predicted octanol–water partition coefficient (Wildman–Crippen LogP) is 5.48. The van der Waals surface area contributed by atoms with E-state index in [1.165, 1.54) is 6.07 Å². The first-order valence-corrected chi connectivity index (χ1v) is 7.89. The molecule has 122 valence electrons. The first-order chi connectivity index (χ1) is 12.2. The van der Waals surface area contributed by atoms with E-state index in [-0.39, 0.29) is 5.56 Å². The second-order valence-corrected chi connectivity index (χ2v) is 5.65. The molecule has 4 aromatic rings. The molecular formula is C21H14F2N2. The van der Waals surface area contributed by atoms with Crippen molar-refractivity contribution in [2.45, 2.75) is 0 Å². The third-order valence-corrected chi connectivity index (χ3v) is 3.98. The van der Waals surface area contributed by atoms with Crippen LogP contribution >= 0.6 is 0 Å². The summed E-state index contributed by atoms with van der Waals surface area (Å²) in [7, 11) is 0. The maximum Gasteiger partial charge on any atom is 0.132 e. The highest BCUT2D eigenvalue weighted by atomic mass is 19.1. The van der Waals surface area contributed by atoms with E-state index in [1.807, 2.05) is 60.7 Å². The molecule has 0 aliphatic rings. The molecule has 0 fully saturated rings. The van der Waals surface area contributed by atoms with E-state index >= 15 is 0 Å². The Morgan fingerprint density at radius 3 is 2.12 bits per heavy atom. The molecule has 0 saturated heterocycles. The van der Waals surface area contributed by atoms with Crippen LogP contribution in [0.5, 0.6) is 0 Å². The van der Waals surface area contributed by atoms with E-state index in [9.17, 15) is 8.78 Å². The first kappa shape index (κ1) is 15.3. The molecule has 0 aliphatic heterocycles. The molecule has 1 heterocycles. The average Bonchev–Trinajstić information content (AvgIpc) is 3.10. The van der Waals surface area contributed by atoms with Gasteiger partial charge in [-0.15, -0.1) is 0 Å². The van der Waals surface area contributed by atoms with Crippen molar-refractivity contribution in [3.63, 3.8) is 0 Å². The predicted molar refractivity (Wildman–Crippen MR) is 94.4 cm³/mol. The van der Waals surface area contributed by atoms with Gasteiger partial charge in [0.25, 0.3) is 0 Å². The lowest BCUT2D eigenvalue weighted by molar-refractivity contribution is 0.602. The van der Waals surface area contributed by atoms with Gasteiger partial charge in [0, 0.05) is 11.1 Å². The van der Waals surface area contributed by atoms with E-state index in [1.54, 1.807) is 10.7 Å². The molecule has 0 amide bonds. The number of nitrogens with zero attached hydrogens (tertiary/aromatic N) is 2. The highest BCUT2D eigenvalue weighted by molar-refractivity contribution is 5.70. The fourth-order valence-corrected chi connectivity index (χ4v) is 2.78. The Kier molecular flexibility index (Phi) is 3.86. The number of hydrogen-bond donors (Lipinski definition) is 0. The normalized spacial score (nSPS) is 10.8. The Morgan fingerprint density at radius 2 is 1.40 bits per heavy atom. The molecule has 2 nitrogen and oxygen atoms in total. The first-order valence-electron chi connectivity index (χ1n) is 7.89. The van der Waals surface area contributed by atoms with Crippen LogP contribution in [-0.4, -0.2) is 9.78 Å². The number of rotatable bonds is 3. The molecule has 25 heavy (non-hydrogen) atoms. The average molecular weight is 332 g/mol. The van der Waals surface area contributed by atoms with Gasteiger partial charge in [-0.1, -0.05) is 48.5 Å². The Bertz CT molecular complexity index is 1010. The van der Waals surface area contributed by atoms with Crippen LogP contribution in [0.1, 0.15) is 0 Å². The van der Waals surface area contributed by atoms with Crippen LogP contribution in [0.2, 0.25) is 0 Å². The van der Waals surface area contributed by atoms with Crippen molar-refractivity contribution in [2.24, 2.45) is 0 Å². The van der Waals surface area contributed by atoms with Gasteiger partial charge in [-0.2, -0.15) is 5.10 Å². The fraction of sp³-hybridized carbons (Fsp3) is 0. The summed E-state index contributed by atoms with van der Waals surface area (Å²) in [6, 6.07) is 24.3. The van der Waals surface area contributed by atoms with E-state index in [0.717, 1.165) is 23.4 Å². The van der Waals surface area contributed by atoms with Gasteiger partial charge in [-0.05, 0) is 36.4 Å². The van der Waals surface area contributed by atoms with E-state index < -0.39 is 11.6 Å². The van der Waals surface area contributed by atoms with Crippen molar-refractivity contribution in [1.82, 2.24) is 9.78 Å². The smallest absolute Gasteiger partial charge is 0.132 e. The minimum Gasteiger partial charge on any atom is -0.232 e. The van der Waals surface area contributed by atoms with E-state index in [2.05, 4.69) is 5.10 Å². The minimum absolute atomic E-state index is 0.179. The van der Waals surface area contributed by atoms with Gasteiger partial charge < -0.3 is 0 Å². The summed E-state index contributed by atoms with van der Waals surface area (Å²) in [5, 5.41) is 4.63. The molecule has 4 rings (SSSR count). The number of halogens is 2. The van der Waals surface area contributed by atoms with Gasteiger partial charge >= 0.3 is 0 Å². The topological polar surface area (TPSA) is 17.8 Å². The molecule has 3 aromatic carbocycles. The number of benzene rings is 3. The molecule has 0 radical (unpaired) electrons. The summed E-state index contributed by atoms with van der Waals surface area (Å²) in [5.41, 5.74) is 3.07. The van der Waals surface area contributed by atoms with Gasteiger partial charge in [0.05, 0.1) is 17.1 Å². The summed E-state index contributed by atoms with van der Waals surface area (Å²) in [4.78, 5) is 0. The van der Waals surface area contributed by atoms with Crippen LogP contribution in [0.15, 0.2) is 84.9 Å². The zero-order valence-electron chi connectivity index (χ0n) is 13.2. The zero-order chi connectivity index (χ0) is 17.2. The Balaban J connectivity index is 1.96. The van der Waals surface area contributed by atoms with Gasteiger partial charge in [0.15, 0.2) is 0 Å². The lowest BCUT2D eigenvalue weighted by Crippen LogP contribution is -2.00. The largest absolute Gasteiger partial charge is 0.232 e. The standard InChI is InChI=1S/C21H14F2N2/c22-16-11-12-19(23)18(13-16)21-14-20(15-7-3-1-4-8-15)24-25(21)17-9-5-2-6-10-17/h1-14H. The highest BCUT2D eigenvalue weighted by Gasteiger charge is 2.16. The Morgan fingerprint density at radius 1 is 0.720 bits per heavy atom. The maximum absolute atomic E-state index is 14.4. The monoisotopic (exact) mass is 332 g/mol. The van der Waals surface area contributed by atoms with Crippen molar-refractivity contribution in [2.75, 3.05) is 0 Å². The summed E-state index contributed by atoms with van der Waals surface area (Å²) in [6.45, 7) is 0. The molecule has 0 aliphatic carbocycles. The third-order valence-electron chi connectivity index (χ3n) is 3.98. The Labute approximate surface area is 144 Å². The zero-order valence-corrected chi connectivity index (χ0v) is 13.2. The van der Waals surface area contributed by atoms with E-state index in [4.69, 9.17) is 0 Å². The summed E-state index contributed by atoms with van der Waals surface area (Å²) >= 11 is 0. The summed E-state index contributed by atoms with van der Waals surface area (Å²) < 4.78 is 29.7. The lowest BCUT2D eigenvalue weighted by atomic mass is 10.1. The van der Waals surface area contributed by atoms with Crippen LogP contribution in [0.4, 0.5) is 8.78 Å². The number of aromatic nitrogens is 2.